The molecule has 0 bridgehead atoms. The number of hydrogen-bond acceptors (Lipinski definition) is 7. The number of amides is 1. The smallest absolute Gasteiger partial charge is 0.339 e. The highest BCUT2D eigenvalue weighted by Crippen LogP contribution is 2.26. The Morgan fingerprint density at radius 3 is 2.41 bits per heavy atom. The second-order valence-corrected chi connectivity index (χ2v) is 7.14. The van der Waals surface area contributed by atoms with Crippen molar-refractivity contribution in [1.29, 1.82) is 0 Å². The molecule has 0 saturated carbocycles. The van der Waals surface area contributed by atoms with Crippen molar-refractivity contribution < 1.29 is 28.2 Å². The zero-order valence-corrected chi connectivity index (χ0v) is 18.0. The number of nitrogens with zero attached hydrogens (tertiary/aromatic N) is 2. The summed E-state index contributed by atoms with van der Waals surface area (Å²) < 4.78 is 29.6. The van der Waals surface area contributed by atoms with Gasteiger partial charge in [-0.05, 0) is 50.6 Å². The average molecular weight is 439 g/mol. The molecule has 1 amide bonds. The molecule has 0 aliphatic heterocycles. The summed E-state index contributed by atoms with van der Waals surface area (Å²) >= 11 is 0. The van der Waals surface area contributed by atoms with Crippen LogP contribution in [-0.4, -0.2) is 35.1 Å². The van der Waals surface area contributed by atoms with Crippen LogP contribution in [0.2, 0.25) is 0 Å². The van der Waals surface area contributed by atoms with E-state index in [4.69, 9.17) is 9.47 Å². The minimum atomic E-state index is -0.533. The predicted molar refractivity (Wildman–Crippen MR) is 115 cm³/mol. The number of aromatic nitrogens is 2. The fourth-order valence-corrected chi connectivity index (χ4v) is 2.74. The zero-order chi connectivity index (χ0) is 23.3. The highest BCUT2D eigenvalue weighted by molar-refractivity contribution is 6.04. The van der Waals surface area contributed by atoms with E-state index in [1.165, 1.54) is 49.7 Å². The number of aryl methyl sites for hydroxylation is 1. The van der Waals surface area contributed by atoms with E-state index in [1.807, 2.05) is 13.8 Å². The lowest BCUT2D eigenvalue weighted by molar-refractivity contribution is 0.0600. The van der Waals surface area contributed by atoms with Gasteiger partial charge in [-0.3, -0.25) is 4.79 Å². The molecule has 1 N–H and O–H groups in total. The van der Waals surface area contributed by atoms with Crippen LogP contribution in [0.5, 0.6) is 17.5 Å². The lowest BCUT2D eigenvalue weighted by Gasteiger charge is -2.13. The average Bonchev–Trinajstić information content (AvgIpc) is 2.72. The number of anilines is 1. The van der Waals surface area contributed by atoms with E-state index in [2.05, 4.69) is 20.0 Å². The van der Waals surface area contributed by atoms with Crippen LogP contribution in [0.25, 0.3) is 0 Å². The van der Waals surface area contributed by atoms with Crippen LogP contribution in [0.15, 0.2) is 48.7 Å². The monoisotopic (exact) mass is 439 g/mol. The highest BCUT2D eigenvalue weighted by atomic mass is 19.1. The number of halogens is 1. The highest BCUT2D eigenvalue weighted by Gasteiger charge is 2.15. The first-order valence-electron chi connectivity index (χ1n) is 9.73. The van der Waals surface area contributed by atoms with E-state index in [1.54, 1.807) is 13.0 Å². The molecule has 32 heavy (non-hydrogen) atoms. The Kier molecular flexibility index (Phi) is 6.99. The number of benzene rings is 1. The summed E-state index contributed by atoms with van der Waals surface area (Å²) in [6, 6.07) is 10.1. The number of nitrogens with one attached hydrogen (secondary N) is 1. The number of pyridine rings is 2. The maximum absolute atomic E-state index is 13.7. The van der Waals surface area contributed by atoms with E-state index in [-0.39, 0.29) is 40.6 Å². The second-order valence-electron chi connectivity index (χ2n) is 7.14. The largest absolute Gasteiger partial charge is 0.475 e. The van der Waals surface area contributed by atoms with Crippen LogP contribution in [-0.2, 0) is 4.74 Å². The van der Waals surface area contributed by atoms with Gasteiger partial charge < -0.3 is 19.5 Å². The molecule has 0 aliphatic carbocycles. The van der Waals surface area contributed by atoms with E-state index >= 15 is 0 Å². The van der Waals surface area contributed by atoms with E-state index in [9.17, 15) is 14.0 Å². The molecule has 0 spiro atoms. The van der Waals surface area contributed by atoms with Crippen LogP contribution in [0.4, 0.5) is 10.2 Å². The molecular weight excluding hydrogens is 417 g/mol. The van der Waals surface area contributed by atoms with E-state index in [0.29, 0.717) is 5.56 Å². The van der Waals surface area contributed by atoms with Crippen molar-refractivity contribution in [2.24, 2.45) is 0 Å². The Hall–Kier alpha value is -4.01. The molecule has 2 aromatic heterocycles. The van der Waals surface area contributed by atoms with Crippen LogP contribution < -0.4 is 14.8 Å². The molecular formula is C23H22FN3O5. The first-order valence-corrected chi connectivity index (χ1v) is 9.73. The molecule has 0 aliphatic rings. The minimum absolute atomic E-state index is 0.0623. The summed E-state index contributed by atoms with van der Waals surface area (Å²) in [4.78, 5) is 32.6. The second kappa shape index (κ2) is 9.86. The Morgan fingerprint density at radius 2 is 1.78 bits per heavy atom. The lowest BCUT2D eigenvalue weighted by atomic mass is 10.2. The Morgan fingerprint density at radius 1 is 1.03 bits per heavy atom. The van der Waals surface area contributed by atoms with Crippen LogP contribution >= 0.6 is 0 Å². The van der Waals surface area contributed by atoms with Gasteiger partial charge in [0.15, 0.2) is 0 Å². The van der Waals surface area contributed by atoms with Crippen molar-refractivity contribution in [2.75, 3.05) is 12.4 Å². The number of esters is 1. The molecule has 0 saturated heterocycles. The van der Waals surface area contributed by atoms with Gasteiger partial charge >= 0.3 is 5.97 Å². The van der Waals surface area contributed by atoms with Gasteiger partial charge in [0, 0.05) is 24.4 Å². The number of methoxy groups -OCH3 is 1. The molecule has 8 nitrogen and oxygen atoms in total. The summed E-state index contributed by atoms with van der Waals surface area (Å²) in [6.45, 7) is 5.37. The third kappa shape index (κ3) is 6.00. The standard InChI is InChI=1S/C23H22FN3O5/c1-13(2)31-20-9-16(10-21(27-20)32-18-8-14(3)7-17(24)11-18)22(28)26-19-6-5-15(12-25-19)23(29)30-4/h5-13H,1-4H3,(H,25,26,28). The van der Waals surface area contributed by atoms with Crippen LogP contribution in [0.3, 0.4) is 0 Å². The van der Waals surface area contributed by atoms with Gasteiger partial charge in [0.05, 0.1) is 24.3 Å². The van der Waals surface area contributed by atoms with Crippen molar-refractivity contribution in [1.82, 2.24) is 9.97 Å². The fraction of sp³-hybridized carbons (Fsp3) is 0.217. The van der Waals surface area contributed by atoms with Crippen molar-refractivity contribution >= 4 is 17.7 Å². The number of ether oxygens (including phenoxy) is 3. The van der Waals surface area contributed by atoms with E-state index in [0.717, 1.165) is 0 Å². The first kappa shape index (κ1) is 22.7. The van der Waals surface area contributed by atoms with E-state index < -0.39 is 17.7 Å². The van der Waals surface area contributed by atoms with Crippen molar-refractivity contribution in [2.45, 2.75) is 26.9 Å². The Balaban J connectivity index is 1.86. The van der Waals surface area contributed by atoms with Gasteiger partial charge in [-0.1, -0.05) is 0 Å². The van der Waals surface area contributed by atoms with Gasteiger partial charge in [-0.2, -0.15) is 4.98 Å². The topological polar surface area (TPSA) is 99.6 Å². The van der Waals surface area contributed by atoms with Crippen LogP contribution in [0.1, 0.15) is 40.1 Å². The number of rotatable bonds is 7. The molecule has 0 atom stereocenters. The maximum Gasteiger partial charge on any atom is 0.339 e. The third-order valence-corrected chi connectivity index (χ3v) is 4.06. The fourth-order valence-electron chi connectivity index (χ4n) is 2.74. The van der Waals surface area contributed by atoms with Gasteiger partial charge in [0.1, 0.15) is 17.4 Å². The summed E-state index contributed by atoms with van der Waals surface area (Å²) in [5, 5.41) is 2.63. The minimum Gasteiger partial charge on any atom is -0.475 e. The van der Waals surface area contributed by atoms with Crippen molar-refractivity contribution in [3.8, 4) is 17.5 Å². The molecule has 3 rings (SSSR count). The first-order chi connectivity index (χ1) is 15.2. The summed E-state index contributed by atoms with van der Waals surface area (Å²) in [7, 11) is 1.27. The molecule has 0 radical (unpaired) electrons. The van der Waals surface area contributed by atoms with Gasteiger partial charge in [0.25, 0.3) is 5.91 Å². The molecule has 3 aromatic rings. The summed E-state index contributed by atoms with van der Waals surface area (Å²) in [5.41, 5.74) is 1.12. The van der Waals surface area contributed by atoms with Gasteiger partial charge in [-0.25, -0.2) is 14.2 Å². The normalized spacial score (nSPS) is 10.6. The SMILES string of the molecule is COC(=O)c1ccc(NC(=O)c2cc(Oc3cc(C)cc(F)c3)nc(OC(C)C)c2)nc1. The van der Waals surface area contributed by atoms with Gasteiger partial charge in [0.2, 0.25) is 11.8 Å². The third-order valence-electron chi connectivity index (χ3n) is 4.06. The molecule has 0 fully saturated rings. The molecule has 2 heterocycles. The van der Waals surface area contributed by atoms with Crippen LogP contribution in [0, 0.1) is 12.7 Å². The summed E-state index contributed by atoms with van der Waals surface area (Å²) in [5.74, 6) is -0.780. The number of carbonyl (C=O) groups excluding carboxylic acids is 2. The van der Waals surface area contributed by atoms with Gasteiger partial charge in [-0.15, -0.1) is 0 Å². The van der Waals surface area contributed by atoms with Crippen molar-refractivity contribution in [3.63, 3.8) is 0 Å². The molecule has 9 heteroatoms. The zero-order valence-electron chi connectivity index (χ0n) is 18.0. The molecule has 0 unspecified atom stereocenters. The van der Waals surface area contributed by atoms with Crippen molar-refractivity contribution in [3.05, 3.63) is 71.2 Å². The number of hydrogen-bond donors (Lipinski definition) is 1. The molecule has 1 aromatic carbocycles. The lowest BCUT2D eigenvalue weighted by Crippen LogP contribution is -2.15. The summed E-state index contributed by atoms with van der Waals surface area (Å²) in [6.07, 6.45) is 1.10. The number of carbonyl (C=O) groups is 2. The quantitative estimate of drug-likeness (QED) is 0.540. The molecule has 166 valence electrons. The Labute approximate surface area is 184 Å². The predicted octanol–water partition coefficient (Wildman–Crippen LogP) is 4.54. The Bertz CT molecular complexity index is 1110. The maximum atomic E-state index is 13.7.